The fourth-order valence-corrected chi connectivity index (χ4v) is 3.76. The summed E-state index contributed by atoms with van der Waals surface area (Å²) in [5.74, 6) is 2.94. The third kappa shape index (κ3) is 5.12. The summed E-state index contributed by atoms with van der Waals surface area (Å²) in [6.07, 6.45) is 3.45. The van der Waals surface area contributed by atoms with Crippen molar-refractivity contribution in [3.05, 3.63) is 96.8 Å². The molecule has 0 unspecified atom stereocenters. The van der Waals surface area contributed by atoms with Crippen LogP contribution in [0.25, 0.3) is 0 Å². The van der Waals surface area contributed by atoms with Crippen LogP contribution in [0.1, 0.15) is 10.4 Å². The second kappa shape index (κ2) is 9.99. The number of piperazine rings is 1. The number of pyridine rings is 1. The number of nitrogens with one attached hydrogen (secondary N) is 1. The number of ether oxygens (including phenoxy) is 1. The van der Waals surface area contributed by atoms with Crippen molar-refractivity contribution in [3.8, 4) is 11.5 Å². The van der Waals surface area contributed by atoms with Crippen LogP contribution >= 0.6 is 0 Å². The van der Waals surface area contributed by atoms with Gasteiger partial charge in [0.15, 0.2) is 11.6 Å². The summed E-state index contributed by atoms with van der Waals surface area (Å²) in [4.78, 5) is 21.0. The number of aromatic nitrogens is 3. The predicted molar refractivity (Wildman–Crippen MR) is 131 cm³/mol. The number of amides is 1. The third-order valence-corrected chi connectivity index (χ3v) is 5.56. The Morgan fingerprint density at radius 2 is 1.56 bits per heavy atom. The molecule has 4 aromatic rings. The van der Waals surface area contributed by atoms with E-state index in [9.17, 15) is 4.79 Å². The van der Waals surface area contributed by atoms with Crippen LogP contribution in [0.3, 0.4) is 0 Å². The van der Waals surface area contributed by atoms with Crippen LogP contribution in [0.4, 0.5) is 17.3 Å². The number of carbonyl (C=O) groups is 1. The van der Waals surface area contributed by atoms with E-state index in [0.717, 1.165) is 17.3 Å². The van der Waals surface area contributed by atoms with Crippen molar-refractivity contribution in [2.45, 2.75) is 0 Å². The molecule has 0 atom stereocenters. The van der Waals surface area contributed by atoms with Gasteiger partial charge in [-0.25, -0.2) is 0 Å². The fraction of sp³-hybridized carbons (Fsp3) is 0.154. The van der Waals surface area contributed by atoms with Crippen LogP contribution in [0.2, 0.25) is 0 Å². The van der Waals surface area contributed by atoms with Crippen molar-refractivity contribution in [2.24, 2.45) is 0 Å². The van der Waals surface area contributed by atoms with Gasteiger partial charge in [0.05, 0.1) is 11.9 Å². The molecule has 1 fully saturated rings. The standard InChI is InChI=1S/C26H24N6O2/c33-26(20-8-10-23(11-9-20)34-22-6-2-1-3-7-22)32-17-15-31(16-18-32)25-13-12-24(29-30-25)28-21-5-4-14-27-19-21/h1-14,19H,15-18H2,(H,28,29). The first-order valence-corrected chi connectivity index (χ1v) is 11.1. The van der Waals surface area contributed by atoms with Gasteiger partial charge in [-0.15, -0.1) is 10.2 Å². The maximum absolute atomic E-state index is 13.0. The second-order valence-electron chi connectivity index (χ2n) is 7.86. The highest BCUT2D eigenvalue weighted by Crippen LogP contribution is 2.22. The van der Waals surface area contributed by atoms with Gasteiger partial charge in [-0.05, 0) is 60.7 Å². The molecule has 3 heterocycles. The van der Waals surface area contributed by atoms with Gasteiger partial charge in [0.1, 0.15) is 11.5 Å². The van der Waals surface area contributed by atoms with E-state index in [1.165, 1.54) is 0 Å². The number of nitrogens with zero attached hydrogens (tertiary/aromatic N) is 5. The number of rotatable bonds is 6. The molecule has 1 aliphatic heterocycles. The second-order valence-corrected chi connectivity index (χ2v) is 7.86. The van der Waals surface area contributed by atoms with Gasteiger partial charge in [0, 0.05) is 37.9 Å². The summed E-state index contributed by atoms with van der Waals surface area (Å²) in [5.41, 5.74) is 1.51. The molecule has 1 aliphatic rings. The Hall–Kier alpha value is -4.46. The largest absolute Gasteiger partial charge is 0.457 e. The van der Waals surface area contributed by atoms with Gasteiger partial charge in [-0.2, -0.15) is 0 Å². The van der Waals surface area contributed by atoms with Gasteiger partial charge >= 0.3 is 0 Å². The SMILES string of the molecule is O=C(c1ccc(Oc2ccccc2)cc1)N1CCN(c2ccc(Nc3cccnc3)nn2)CC1. The summed E-state index contributed by atoms with van der Waals surface area (Å²) in [6.45, 7) is 2.65. The van der Waals surface area contributed by atoms with Crippen LogP contribution in [-0.4, -0.2) is 52.2 Å². The summed E-state index contributed by atoms with van der Waals surface area (Å²) >= 11 is 0. The summed E-state index contributed by atoms with van der Waals surface area (Å²) in [5, 5.41) is 11.8. The molecule has 2 aromatic carbocycles. The Labute approximate surface area is 197 Å². The summed E-state index contributed by atoms with van der Waals surface area (Å²) < 4.78 is 5.81. The summed E-state index contributed by atoms with van der Waals surface area (Å²) in [7, 11) is 0. The molecule has 0 radical (unpaired) electrons. The van der Waals surface area contributed by atoms with Gasteiger partial charge in [0.2, 0.25) is 0 Å². The average Bonchev–Trinajstić information content (AvgIpc) is 2.91. The van der Waals surface area contributed by atoms with Gasteiger partial charge < -0.3 is 19.9 Å². The normalized spacial score (nSPS) is 13.4. The average molecular weight is 453 g/mol. The lowest BCUT2D eigenvalue weighted by molar-refractivity contribution is 0.0746. The van der Waals surface area contributed by atoms with Crippen molar-refractivity contribution < 1.29 is 9.53 Å². The van der Waals surface area contributed by atoms with E-state index in [4.69, 9.17) is 4.74 Å². The number of carbonyl (C=O) groups excluding carboxylic acids is 1. The van der Waals surface area contributed by atoms with Gasteiger partial charge in [-0.1, -0.05) is 18.2 Å². The zero-order valence-corrected chi connectivity index (χ0v) is 18.5. The highest BCUT2D eigenvalue weighted by atomic mass is 16.5. The Balaban J connectivity index is 1.14. The van der Waals surface area contributed by atoms with E-state index < -0.39 is 0 Å². The molecule has 1 N–H and O–H groups in total. The number of anilines is 3. The molecular weight excluding hydrogens is 428 g/mol. The molecule has 0 saturated carbocycles. The van der Waals surface area contributed by atoms with Crippen LogP contribution < -0.4 is 15.0 Å². The van der Waals surface area contributed by atoms with Crippen molar-refractivity contribution in [1.82, 2.24) is 20.1 Å². The molecule has 0 bridgehead atoms. The molecule has 8 heteroatoms. The molecule has 1 amide bonds. The molecule has 2 aromatic heterocycles. The van der Waals surface area contributed by atoms with Crippen molar-refractivity contribution in [3.63, 3.8) is 0 Å². The van der Waals surface area contributed by atoms with Crippen molar-refractivity contribution in [2.75, 3.05) is 36.4 Å². The van der Waals surface area contributed by atoms with E-state index in [1.54, 1.807) is 12.4 Å². The third-order valence-electron chi connectivity index (χ3n) is 5.56. The zero-order valence-electron chi connectivity index (χ0n) is 18.5. The maximum Gasteiger partial charge on any atom is 0.253 e. The van der Waals surface area contributed by atoms with Gasteiger partial charge in [0.25, 0.3) is 5.91 Å². The van der Waals surface area contributed by atoms with Crippen molar-refractivity contribution in [1.29, 1.82) is 0 Å². The number of hydrogen-bond donors (Lipinski definition) is 1. The Bertz CT molecular complexity index is 1210. The van der Waals surface area contributed by atoms with E-state index in [0.29, 0.717) is 43.3 Å². The lowest BCUT2D eigenvalue weighted by Gasteiger charge is -2.35. The monoisotopic (exact) mass is 452 g/mol. The molecule has 1 saturated heterocycles. The number of benzene rings is 2. The van der Waals surface area contributed by atoms with Gasteiger partial charge in [-0.3, -0.25) is 9.78 Å². The zero-order chi connectivity index (χ0) is 23.2. The fourth-order valence-electron chi connectivity index (χ4n) is 3.76. The minimum absolute atomic E-state index is 0.0213. The lowest BCUT2D eigenvalue weighted by atomic mass is 10.1. The summed E-state index contributed by atoms with van der Waals surface area (Å²) in [6, 6.07) is 24.5. The first-order valence-electron chi connectivity index (χ1n) is 11.1. The van der Waals surface area contributed by atoms with Crippen LogP contribution in [-0.2, 0) is 0 Å². The minimum atomic E-state index is 0.0213. The topological polar surface area (TPSA) is 83.5 Å². The number of hydrogen-bond acceptors (Lipinski definition) is 7. The van der Waals surface area contributed by atoms with E-state index in [2.05, 4.69) is 25.4 Å². The molecule has 170 valence electrons. The highest BCUT2D eigenvalue weighted by Gasteiger charge is 2.23. The van der Waals surface area contributed by atoms with Crippen molar-refractivity contribution >= 4 is 23.2 Å². The molecule has 8 nitrogen and oxygen atoms in total. The van der Waals surface area contributed by atoms with Crippen LogP contribution in [0.5, 0.6) is 11.5 Å². The lowest BCUT2D eigenvalue weighted by Crippen LogP contribution is -2.49. The first-order chi connectivity index (χ1) is 16.7. The van der Waals surface area contributed by atoms with E-state index in [-0.39, 0.29) is 5.91 Å². The smallest absolute Gasteiger partial charge is 0.253 e. The maximum atomic E-state index is 13.0. The molecule has 5 rings (SSSR count). The molecule has 0 spiro atoms. The minimum Gasteiger partial charge on any atom is -0.457 e. The Morgan fingerprint density at radius 1 is 0.794 bits per heavy atom. The van der Waals surface area contributed by atoms with Crippen LogP contribution in [0.15, 0.2) is 91.3 Å². The van der Waals surface area contributed by atoms with E-state index in [1.807, 2.05) is 83.8 Å². The van der Waals surface area contributed by atoms with Crippen LogP contribution in [0, 0.1) is 0 Å². The van der Waals surface area contributed by atoms with E-state index >= 15 is 0 Å². The quantitative estimate of drug-likeness (QED) is 0.465. The molecule has 0 aliphatic carbocycles. The molecular formula is C26H24N6O2. The molecule has 34 heavy (non-hydrogen) atoms. The number of para-hydroxylation sites is 1. The highest BCUT2D eigenvalue weighted by molar-refractivity contribution is 5.94. The first kappa shape index (κ1) is 21.4. The predicted octanol–water partition coefficient (Wildman–Crippen LogP) is 4.37. The Morgan fingerprint density at radius 3 is 2.24 bits per heavy atom. The Kier molecular flexibility index (Phi) is 6.29.